The summed E-state index contributed by atoms with van der Waals surface area (Å²) in [6.07, 6.45) is 0.527. The lowest BCUT2D eigenvalue weighted by atomic mass is 10.0. The Morgan fingerprint density at radius 3 is 2.26 bits per heavy atom. The number of nitro groups is 1. The van der Waals surface area contributed by atoms with Crippen molar-refractivity contribution in [2.75, 3.05) is 5.32 Å². The molecule has 1 heterocycles. The largest absolute Gasteiger partial charge is 0.480 e. The first-order valence-corrected chi connectivity index (χ1v) is 12.2. The Labute approximate surface area is 223 Å². The number of aliphatic carboxylic acids is 1. The van der Waals surface area contributed by atoms with Crippen LogP contribution in [0.5, 0.6) is 0 Å². The summed E-state index contributed by atoms with van der Waals surface area (Å²) < 4.78 is 0. The highest BCUT2D eigenvalue weighted by Crippen LogP contribution is 2.22. The van der Waals surface area contributed by atoms with Gasteiger partial charge >= 0.3 is 5.97 Å². The van der Waals surface area contributed by atoms with Crippen molar-refractivity contribution in [3.8, 4) is 0 Å². The number of hydrogen-bond acceptors (Lipinski definition) is 6. The van der Waals surface area contributed by atoms with Gasteiger partial charge in [-0.2, -0.15) is 0 Å². The second kappa shape index (κ2) is 12.0. The standard InChI is InChI=1S/C28H26N4O7/c33-25-15-14-24(31(25)17-19-4-2-1-3-5-19)27(35)30-23(28(36)37)16-18-6-10-21(11-7-18)29-26(34)20-8-12-22(13-9-20)32(38)39/h1-13,23-24H,14-17H2,(H,29,34)(H,30,35)(H,36,37)/t23-,24-/m0/s1. The van der Waals surface area contributed by atoms with Gasteiger partial charge in [0.15, 0.2) is 0 Å². The Morgan fingerprint density at radius 2 is 1.64 bits per heavy atom. The maximum atomic E-state index is 13.0. The number of rotatable bonds is 10. The van der Waals surface area contributed by atoms with E-state index in [1.54, 1.807) is 24.3 Å². The molecule has 4 rings (SSSR count). The van der Waals surface area contributed by atoms with Crippen molar-refractivity contribution < 1.29 is 29.2 Å². The van der Waals surface area contributed by atoms with Gasteiger partial charge in [0.05, 0.1) is 4.92 Å². The molecule has 0 bridgehead atoms. The third-order valence-corrected chi connectivity index (χ3v) is 6.43. The number of nitro benzene ring substituents is 1. The molecule has 1 aliphatic heterocycles. The van der Waals surface area contributed by atoms with Crippen LogP contribution < -0.4 is 10.6 Å². The van der Waals surface area contributed by atoms with E-state index >= 15 is 0 Å². The fourth-order valence-electron chi connectivity index (χ4n) is 4.35. The number of hydrogen-bond donors (Lipinski definition) is 3. The first-order chi connectivity index (χ1) is 18.7. The van der Waals surface area contributed by atoms with Gasteiger partial charge in [0.1, 0.15) is 12.1 Å². The van der Waals surface area contributed by atoms with Crippen molar-refractivity contribution in [2.45, 2.75) is 37.9 Å². The van der Waals surface area contributed by atoms with Crippen LogP contribution in [0, 0.1) is 10.1 Å². The van der Waals surface area contributed by atoms with Gasteiger partial charge in [-0.15, -0.1) is 0 Å². The Kier molecular flexibility index (Phi) is 8.30. The quantitative estimate of drug-likeness (QED) is 0.268. The molecule has 0 aliphatic carbocycles. The zero-order valence-corrected chi connectivity index (χ0v) is 20.8. The van der Waals surface area contributed by atoms with Gasteiger partial charge in [0, 0.05) is 42.8 Å². The summed E-state index contributed by atoms with van der Waals surface area (Å²) in [6.45, 7) is 0.266. The number of carbonyl (C=O) groups excluding carboxylic acids is 3. The molecular formula is C28H26N4O7. The van der Waals surface area contributed by atoms with Crippen molar-refractivity contribution in [3.63, 3.8) is 0 Å². The van der Waals surface area contributed by atoms with Crippen LogP contribution in [0.4, 0.5) is 11.4 Å². The predicted molar refractivity (Wildman–Crippen MR) is 141 cm³/mol. The Bertz CT molecular complexity index is 1380. The number of nitrogens with one attached hydrogen (secondary N) is 2. The molecule has 1 fully saturated rings. The molecule has 1 aliphatic rings. The van der Waals surface area contributed by atoms with Crippen LogP contribution in [0.2, 0.25) is 0 Å². The van der Waals surface area contributed by atoms with Gasteiger partial charge in [-0.25, -0.2) is 4.79 Å². The van der Waals surface area contributed by atoms with E-state index in [1.165, 1.54) is 29.2 Å². The van der Waals surface area contributed by atoms with E-state index in [1.807, 2.05) is 30.3 Å². The summed E-state index contributed by atoms with van der Waals surface area (Å²) in [7, 11) is 0. The molecule has 0 radical (unpaired) electrons. The average Bonchev–Trinajstić information content (AvgIpc) is 3.29. The summed E-state index contributed by atoms with van der Waals surface area (Å²) in [5.74, 6) is -2.34. The van der Waals surface area contributed by atoms with Gasteiger partial charge < -0.3 is 20.6 Å². The van der Waals surface area contributed by atoms with Gasteiger partial charge in [-0.1, -0.05) is 42.5 Å². The van der Waals surface area contributed by atoms with E-state index in [0.717, 1.165) is 5.56 Å². The minimum Gasteiger partial charge on any atom is -0.480 e. The van der Waals surface area contributed by atoms with Gasteiger partial charge in [-0.05, 0) is 41.8 Å². The molecule has 200 valence electrons. The molecule has 0 aromatic heterocycles. The molecule has 0 spiro atoms. The van der Waals surface area contributed by atoms with Crippen molar-refractivity contribution in [3.05, 3.63) is 106 Å². The van der Waals surface area contributed by atoms with Crippen LogP contribution in [-0.4, -0.2) is 50.7 Å². The van der Waals surface area contributed by atoms with Gasteiger partial charge in [0.25, 0.3) is 11.6 Å². The van der Waals surface area contributed by atoms with Gasteiger partial charge in [-0.3, -0.25) is 24.5 Å². The number of amides is 3. The van der Waals surface area contributed by atoms with E-state index in [0.29, 0.717) is 17.7 Å². The maximum absolute atomic E-state index is 13.0. The molecule has 3 amide bonds. The molecule has 0 unspecified atom stereocenters. The number of anilines is 1. The minimum absolute atomic E-state index is 0.00297. The van der Waals surface area contributed by atoms with Gasteiger partial charge in [0.2, 0.25) is 11.8 Å². The van der Waals surface area contributed by atoms with Crippen LogP contribution in [0.15, 0.2) is 78.9 Å². The summed E-state index contributed by atoms with van der Waals surface area (Å²) in [5.41, 5.74) is 2.05. The zero-order chi connectivity index (χ0) is 27.9. The normalized spacial score (nSPS) is 15.4. The maximum Gasteiger partial charge on any atom is 0.326 e. The number of nitrogens with zero attached hydrogens (tertiary/aromatic N) is 2. The van der Waals surface area contributed by atoms with Crippen molar-refractivity contribution in [2.24, 2.45) is 0 Å². The van der Waals surface area contributed by atoms with Crippen LogP contribution >= 0.6 is 0 Å². The summed E-state index contributed by atoms with van der Waals surface area (Å²) in [4.78, 5) is 61.5. The number of non-ortho nitro benzene ring substituents is 1. The third-order valence-electron chi connectivity index (χ3n) is 6.43. The highest BCUT2D eigenvalue weighted by molar-refractivity contribution is 6.04. The molecule has 0 saturated carbocycles. The SMILES string of the molecule is O=C(Nc1ccc(C[C@H](NC(=O)[C@@H]2CCC(=O)N2Cc2ccccc2)C(=O)O)cc1)c1ccc([N+](=O)[O-])cc1. The molecule has 3 aromatic carbocycles. The van der Waals surface area contributed by atoms with E-state index in [9.17, 15) is 34.4 Å². The molecule has 39 heavy (non-hydrogen) atoms. The minimum atomic E-state index is -1.22. The number of likely N-dealkylation sites (tertiary alicyclic amines) is 1. The lowest BCUT2D eigenvalue weighted by Gasteiger charge is -2.26. The first kappa shape index (κ1) is 27.0. The lowest BCUT2D eigenvalue weighted by Crippen LogP contribution is -2.50. The number of carboxylic acid groups (broad SMARTS) is 1. The first-order valence-electron chi connectivity index (χ1n) is 12.2. The fourth-order valence-corrected chi connectivity index (χ4v) is 4.35. The highest BCUT2D eigenvalue weighted by atomic mass is 16.6. The van der Waals surface area contributed by atoms with E-state index in [-0.39, 0.29) is 36.5 Å². The van der Waals surface area contributed by atoms with Crippen LogP contribution in [0.25, 0.3) is 0 Å². The van der Waals surface area contributed by atoms with Crippen molar-refractivity contribution in [1.29, 1.82) is 0 Å². The number of carbonyl (C=O) groups is 4. The summed E-state index contributed by atoms with van der Waals surface area (Å²) in [5, 5.41) is 25.8. The highest BCUT2D eigenvalue weighted by Gasteiger charge is 2.37. The Morgan fingerprint density at radius 1 is 0.974 bits per heavy atom. The molecule has 11 nitrogen and oxygen atoms in total. The second-order valence-corrected chi connectivity index (χ2v) is 9.12. The Balaban J connectivity index is 1.36. The molecule has 2 atom stereocenters. The Hall–Kier alpha value is -5.06. The smallest absolute Gasteiger partial charge is 0.326 e. The predicted octanol–water partition coefficient (Wildman–Crippen LogP) is 3.15. The number of benzene rings is 3. The third kappa shape index (κ3) is 6.83. The molecule has 1 saturated heterocycles. The fraction of sp³-hybridized carbons (Fsp3) is 0.214. The monoisotopic (exact) mass is 530 g/mol. The van der Waals surface area contributed by atoms with E-state index < -0.39 is 34.8 Å². The molecule has 3 aromatic rings. The van der Waals surface area contributed by atoms with E-state index in [4.69, 9.17) is 0 Å². The number of carboxylic acids is 1. The van der Waals surface area contributed by atoms with E-state index in [2.05, 4.69) is 10.6 Å². The van der Waals surface area contributed by atoms with Crippen LogP contribution in [0.3, 0.4) is 0 Å². The molecule has 11 heteroatoms. The second-order valence-electron chi connectivity index (χ2n) is 9.12. The van der Waals surface area contributed by atoms with Crippen molar-refractivity contribution >= 4 is 35.1 Å². The van der Waals surface area contributed by atoms with Crippen molar-refractivity contribution in [1.82, 2.24) is 10.2 Å². The average molecular weight is 531 g/mol. The molecular weight excluding hydrogens is 504 g/mol. The zero-order valence-electron chi connectivity index (χ0n) is 20.8. The van der Waals surface area contributed by atoms with Crippen LogP contribution in [-0.2, 0) is 27.3 Å². The topological polar surface area (TPSA) is 159 Å². The van der Waals surface area contributed by atoms with Crippen LogP contribution in [0.1, 0.15) is 34.3 Å². The summed E-state index contributed by atoms with van der Waals surface area (Å²) in [6, 6.07) is 18.9. The molecule has 3 N–H and O–H groups in total. The lowest BCUT2D eigenvalue weighted by molar-refractivity contribution is -0.384. The summed E-state index contributed by atoms with van der Waals surface area (Å²) >= 11 is 0.